The molecule has 0 aliphatic heterocycles. The van der Waals surface area contributed by atoms with Gasteiger partial charge in [-0.05, 0) is 62.1 Å². The van der Waals surface area contributed by atoms with Crippen molar-refractivity contribution in [3.8, 4) is 0 Å². The molecule has 1 atom stereocenters. The lowest BCUT2D eigenvalue weighted by Gasteiger charge is -2.33. The number of benzene rings is 2. The number of sulfonamides is 1. The van der Waals surface area contributed by atoms with Crippen LogP contribution in [0.3, 0.4) is 0 Å². The molecule has 1 saturated carbocycles. The number of aryl methyl sites for hydroxylation is 1. The van der Waals surface area contributed by atoms with Crippen molar-refractivity contribution in [1.82, 2.24) is 10.2 Å². The first-order valence-electron chi connectivity index (χ1n) is 11.9. The van der Waals surface area contributed by atoms with Gasteiger partial charge < -0.3 is 10.2 Å². The Balaban J connectivity index is 1.87. The summed E-state index contributed by atoms with van der Waals surface area (Å²) in [6.07, 6.45) is 6.30. The fourth-order valence-electron chi connectivity index (χ4n) is 4.34. The third-order valence-electron chi connectivity index (χ3n) is 6.51. The minimum absolute atomic E-state index is 0.115. The van der Waals surface area contributed by atoms with Crippen molar-refractivity contribution < 1.29 is 18.0 Å². The van der Waals surface area contributed by atoms with Crippen molar-refractivity contribution in [2.75, 3.05) is 17.1 Å². The highest BCUT2D eigenvalue weighted by Gasteiger charge is 2.31. The summed E-state index contributed by atoms with van der Waals surface area (Å²) in [5.41, 5.74) is 2.30. The lowest BCUT2D eigenvalue weighted by atomic mass is 9.95. The Bertz CT molecular complexity index is 1130. The number of anilines is 1. The van der Waals surface area contributed by atoms with Crippen LogP contribution in [0.2, 0.25) is 0 Å². The van der Waals surface area contributed by atoms with E-state index in [1.54, 1.807) is 31.2 Å². The Kier molecular flexibility index (Phi) is 9.35. The third-order valence-corrected chi connectivity index (χ3v) is 8.18. The molecule has 2 aromatic rings. The molecule has 0 bridgehead atoms. The summed E-state index contributed by atoms with van der Waals surface area (Å²) in [6.45, 7) is 3.48. The zero-order chi connectivity index (χ0) is 25.6. The second kappa shape index (κ2) is 12.0. The summed E-state index contributed by atoms with van der Waals surface area (Å²) in [7, 11) is -3.74. The van der Waals surface area contributed by atoms with E-state index in [1.807, 2.05) is 31.2 Å². The predicted molar refractivity (Wildman–Crippen MR) is 143 cm³/mol. The Morgan fingerprint density at radius 3 is 2.29 bits per heavy atom. The molecule has 9 heteroatoms. The zero-order valence-corrected chi connectivity index (χ0v) is 22.9. The molecule has 2 amide bonds. The summed E-state index contributed by atoms with van der Waals surface area (Å²) < 4.78 is 27.1. The predicted octanol–water partition coefficient (Wildman–Crippen LogP) is 4.39. The number of halogens is 1. The SMILES string of the molecule is Cc1ccccc1CN(C(=O)CN(c1ccc(Br)cc1)S(C)(=O)=O)[C@H](C)C(=O)NC1CCCCC1. The molecule has 0 heterocycles. The van der Waals surface area contributed by atoms with E-state index >= 15 is 0 Å². The Morgan fingerprint density at radius 2 is 1.69 bits per heavy atom. The molecule has 1 aliphatic rings. The van der Waals surface area contributed by atoms with E-state index in [9.17, 15) is 18.0 Å². The van der Waals surface area contributed by atoms with Crippen molar-refractivity contribution in [3.05, 3.63) is 64.1 Å². The molecular weight excluding hydrogens is 530 g/mol. The molecule has 1 fully saturated rings. The first-order valence-corrected chi connectivity index (χ1v) is 14.6. The molecule has 0 radical (unpaired) electrons. The highest BCUT2D eigenvalue weighted by atomic mass is 79.9. The Labute approximate surface area is 217 Å². The second-order valence-corrected chi connectivity index (χ2v) is 12.0. The van der Waals surface area contributed by atoms with Gasteiger partial charge in [-0.15, -0.1) is 0 Å². The number of carbonyl (C=O) groups is 2. The molecule has 7 nitrogen and oxygen atoms in total. The lowest BCUT2D eigenvalue weighted by molar-refractivity contribution is -0.139. The maximum absolute atomic E-state index is 13.6. The standard InChI is InChI=1S/C26H34BrN3O4S/c1-19-9-7-8-10-21(19)17-29(20(2)26(32)28-23-11-5-4-6-12-23)25(31)18-30(35(3,33)34)24-15-13-22(27)14-16-24/h7-10,13-16,20,23H,4-6,11-12,17-18H2,1-3H3,(H,28,32)/t20-/m1/s1. The van der Waals surface area contributed by atoms with Crippen molar-refractivity contribution in [1.29, 1.82) is 0 Å². The molecule has 1 aliphatic carbocycles. The average molecular weight is 565 g/mol. The van der Waals surface area contributed by atoms with Crippen LogP contribution in [0.25, 0.3) is 0 Å². The van der Waals surface area contributed by atoms with Gasteiger partial charge in [0.2, 0.25) is 21.8 Å². The summed E-state index contributed by atoms with van der Waals surface area (Å²) in [5.74, 6) is -0.652. The molecule has 3 rings (SSSR count). The van der Waals surface area contributed by atoms with Gasteiger partial charge >= 0.3 is 0 Å². The Morgan fingerprint density at radius 1 is 1.06 bits per heavy atom. The summed E-state index contributed by atoms with van der Waals surface area (Å²) in [5, 5.41) is 3.11. The number of rotatable bonds is 9. The van der Waals surface area contributed by atoms with Gasteiger partial charge in [-0.2, -0.15) is 0 Å². The minimum atomic E-state index is -3.74. The Hall–Kier alpha value is -2.39. The third kappa shape index (κ3) is 7.54. The molecule has 0 spiro atoms. The van der Waals surface area contributed by atoms with Gasteiger partial charge in [0.25, 0.3) is 0 Å². The van der Waals surface area contributed by atoms with Gasteiger partial charge in [0, 0.05) is 17.1 Å². The minimum Gasteiger partial charge on any atom is -0.352 e. The van der Waals surface area contributed by atoms with Gasteiger partial charge in [-0.3, -0.25) is 13.9 Å². The second-order valence-electron chi connectivity index (χ2n) is 9.21. The quantitative estimate of drug-likeness (QED) is 0.490. The van der Waals surface area contributed by atoms with Gasteiger partial charge in [0.15, 0.2) is 0 Å². The zero-order valence-electron chi connectivity index (χ0n) is 20.5. The molecule has 0 unspecified atom stereocenters. The fourth-order valence-corrected chi connectivity index (χ4v) is 5.46. The van der Waals surface area contributed by atoms with Crippen LogP contribution in [0.5, 0.6) is 0 Å². The monoisotopic (exact) mass is 563 g/mol. The fraction of sp³-hybridized carbons (Fsp3) is 0.462. The number of amides is 2. The highest BCUT2D eigenvalue weighted by Crippen LogP contribution is 2.22. The van der Waals surface area contributed by atoms with E-state index in [4.69, 9.17) is 0 Å². The molecular formula is C26H34BrN3O4S. The molecule has 190 valence electrons. The van der Waals surface area contributed by atoms with Gasteiger partial charge in [-0.25, -0.2) is 8.42 Å². The van der Waals surface area contributed by atoms with Crippen molar-refractivity contribution >= 4 is 43.5 Å². The highest BCUT2D eigenvalue weighted by molar-refractivity contribution is 9.10. The smallest absolute Gasteiger partial charge is 0.244 e. The van der Waals surface area contributed by atoms with E-state index in [0.717, 1.165) is 51.8 Å². The molecule has 35 heavy (non-hydrogen) atoms. The van der Waals surface area contributed by atoms with Crippen molar-refractivity contribution in [2.24, 2.45) is 0 Å². The number of nitrogens with zero attached hydrogens (tertiary/aromatic N) is 2. The number of carbonyl (C=O) groups excluding carboxylic acids is 2. The van der Waals surface area contributed by atoms with E-state index < -0.39 is 28.5 Å². The van der Waals surface area contributed by atoms with E-state index in [2.05, 4.69) is 21.2 Å². The molecule has 1 N–H and O–H groups in total. The van der Waals surface area contributed by atoms with Crippen molar-refractivity contribution in [3.63, 3.8) is 0 Å². The number of hydrogen-bond acceptors (Lipinski definition) is 4. The van der Waals surface area contributed by atoms with Gasteiger partial charge in [-0.1, -0.05) is 59.5 Å². The van der Waals surface area contributed by atoms with E-state index in [1.165, 1.54) is 11.3 Å². The van der Waals surface area contributed by atoms with Crippen LogP contribution in [0.4, 0.5) is 5.69 Å². The average Bonchev–Trinajstić information content (AvgIpc) is 2.82. The molecule has 2 aromatic carbocycles. The maximum Gasteiger partial charge on any atom is 0.244 e. The number of hydrogen-bond donors (Lipinski definition) is 1. The van der Waals surface area contributed by atoms with Crippen LogP contribution in [0.15, 0.2) is 53.0 Å². The maximum atomic E-state index is 13.6. The van der Waals surface area contributed by atoms with Crippen LogP contribution < -0.4 is 9.62 Å². The number of nitrogens with one attached hydrogen (secondary N) is 1. The van der Waals surface area contributed by atoms with Crippen LogP contribution in [0, 0.1) is 6.92 Å². The van der Waals surface area contributed by atoms with Gasteiger partial charge in [0.1, 0.15) is 12.6 Å². The first kappa shape index (κ1) is 27.2. The lowest BCUT2D eigenvalue weighted by Crippen LogP contribution is -2.53. The molecule has 0 aromatic heterocycles. The van der Waals surface area contributed by atoms with Crippen LogP contribution in [-0.2, 0) is 26.2 Å². The molecule has 0 saturated heterocycles. The first-order chi connectivity index (χ1) is 16.6. The van der Waals surface area contributed by atoms with E-state index in [-0.39, 0.29) is 18.5 Å². The summed E-state index contributed by atoms with van der Waals surface area (Å²) in [6, 6.07) is 13.8. The summed E-state index contributed by atoms with van der Waals surface area (Å²) in [4.78, 5) is 28.3. The topological polar surface area (TPSA) is 86.8 Å². The normalized spacial score (nSPS) is 15.3. The van der Waals surface area contributed by atoms with E-state index in [0.29, 0.717) is 5.69 Å². The van der Waals surface area contributed by atoms with Crippen LogP contribution in [-0.4, -0.2) is 50.0 Å². The van der Waals surface area contributed by atoms with Crippen LogP contribution in [0.1, 0.15) is 50.2 Å². The van der Waals surface area contributed by atoms with Gasteiger partial charge in [0.05, 0.1) is 11.9 Å². The summed E-state index contributed by atoms with van der Waals surface area (Å²) >= 11 is 3.35. The van der Waals surface area contributed by atoms with Crippen LogP contribution >= 0.6 is 15.9 Å². The largest absolute Gasteiger partial charge is 0.352 e. The van der Waals surface area contributed by atoms with Crippen molar-refractivity contribution in [2.45, 2.75) is 64.6 Å².